The van der Waals surface area contributed by atoms with Crippen molar-refractivity contribution in [1.29, 1.82) is 5.26 Å². The molecule has 0 saturated heterocycles. The van der Waals surface area contributed by atoms with Crippen molar-refractivity contribution in [3.63, 3.8) is 0 Å². The van der Waals surface area contributed by atoms with Gasteiger partial charge in [-0.25, -0.2) is 9.97 Å². The first-order chi connectivity index (χ1) is 22.7. The van der Waals surface area contributed by atoms with Gasteiger partial charge in [0.2, 0.25) is 11.8 Å². The smallest absolute Gasteiger partial charge is 0.234 e. The molecule has 0 aliphatic heterocycles. The second-order valence-electron chi connectivity index (χ2n) is 11.5. The van der Waals surface area contributed by atoms with Gasteiger partial charge in [0.1, 0.15) is 17.1 Å². The van der Waals surface area contributed by atoms with Gasteiger partial charge in [0.05, 0.1) is 23.1 Å². The van der Waals surface area contributed by atoms with Crippen LogP contribution in [0.5, 0.6) is 0 Å². The molecule has 0 radical (unpaired) electrons. The number of nitrogens with one attached hydrogen (secondary N) is 3. The van der Waals surface area contributed by atoms with E-state index in [4.69, 9.17) is 5.26 Å². The SMILES string of the molecule is CNc1nc(NC2CCCc3ccccc32)c2ncccc2n1.N#Cc1nc(NC2CCCc3ccccc32)c2ncccc2n1. The fourth-order valence-electron chi connectivity index (χ4n) is 6.44. The number of benzene rings is 2. The first-order valence-electron chi connectivity index (χ1n) is 15.7. The van der Waals surface area contributed by atoms with E-state index in [1.54, 1.807) is 12.4 Å². The number of hydrogen-bond acceptors (Lipinski definition) is 10. The van der Waals surface area contributed by atoms with Crippen LogP contribution >= 0.6 is 0 Å². The third-order valence-corrected chi connectivity index (χ3v) is 8.59. The lowest BCUT2D eigenvalue weighted by Crippen LogP contribution is -2.18. The van der Waals surface area contributed by atoms with E-state index in [2.05, 4.69) is 94.4 Å². The number of aromatic nitrogens is 6. The van der Waals surface area contributed by atoms with Crippen molar-refractivity contribution in [2.45, 2.75) is 50.6 Å². The fourth-order valence-corrected chi connectivity index (χ4v) is 6.44. The van der Waals surface area contributed by atoms with Gasteiger partial charge >= 0.3 is 0 Å². The Morgan fingerprint density at radius 3 is 1.76 bits per heavy atom. The van der Waals surface area contributed by atoms with Crippen molar-refractivity contribution < 1.29 is 0 Å². The summed E-state index contributed by atoms with van der Waals surface area (Å²) in [6.07, 6.45) is 10.2. The van der Waals surface area contributed by atoms with Crippen LogP contribution in [0.3, 0.4) is 0 Å². The zero-order valence-electron chi connectivity index (χ0n) is 25.6. The normalized spacial score (nSPS) is 16.7. The maximum Gasteiger partial charge on any atom is 0.234 e. The van der Waals surface area contributed by atoms with Crippen LogP contribution in [-0.4, -0.2) is 37.0 Å². The van der Waals surface area contributed by atoms with Gasteiger partial charge in [-0.2, -0.15) is 15.2 Å². The molecule has 8 rings (SSSR count). The number of rotatable bonds is 5. The lowest BCUT2D eigenvalue weighted by atomic mass is 9.88. The Bertz CT molecular complexity index is 2050. The van der Waals surface area contributed by atoms with Gasteiger partial charge in [-0.3, -0.25) is 9.97 Å². The highest BCUT2D eigenvalue weighted by Gasteiger charge is 2.23. The second kappa shape index (κ2) is 13.1. The van der Waals surface area contributed by atoms with Crippen LogP contribution < -0.4 is 16.0 Å². The summed E-state index contributed by atoms with van der Waals surface area (Å²) in [5, 5.41) is 19.3. The van der Waals surface area contributed by atoms with E-state index < -0.39 is 0 Å². The third kappa shape index (κ3) is 6.00. The summed E-state index contributed by atoms with van der Waals surface area (Å²) < 4.78 is 0. The molecule has 2 unspecified atom stereocenters. The molecule has 10 nitrogen and oxygen atoms in total. The van der Waals surface area contributed by atoms with Crippen LogP contribution in [0.2, 0.25) is 0 Å². The molecule has 3 N–H and O–H groups in total. The molecular formula is C36H34N10. The quantitative estimate of drug-likeness (QED) is 0.189. The summed E-state index contributed by atoms with van der Waals surface area (Å²) in [7, 11) is 1.83. The Morgan fingerprint density at radius 1 is 0.652 bits per heavy atom. The van der Waals surface area contributed by atoms with Crippen LogP contribution in [0.1, 0.15) is 65.8 Å². The predicted octanol–water partition coefficient (Wildman–Crippen LogP) is 6.94. The summed E-state index contributed by atoms with van der Waals surface area (Å²) in [4.78, 5) is 26.5. The number of fused-ring (bicyclic) bond motifs is 4. The van der Waals surface area contributed by atoms with Crippen molar-refractivity contribution in [3.05, 3.63) is 113 Å². The minimum Gasteiger partial charge on any atom is -0.361 e. The molecular weight excluding hydrogens is 572 g/mol. The van der Waals surface area contributed by atoms with Crippen LogP contribution in [-0.2, 0) is 12.8 Å². The van der Waals surface area contributed by atoms with Crippen LogP contribution in [0.15, 0.2) is 85.2 Å². The highest BCUT2D eigenvalue weighted by atomic mass is 15.1. The zero-order valence-corrected chi connectivity index (χ0v) is 25.6. The summed E-state index contributed by atoms with van der Waals surface area (Å²) in [6.45, 7) is 0. The van der Waals surface area contributed by atoms with Crippen molar-refractivity contribution >= 4 is 39.7 Å². The Labute approximate surface area is 267 Å². The van der Waals surface area contributed by atoms with Crippen molar-refractivity contribution in [3.8, 4) is 6.07 Å². The summed E-state index contributed by atoms with van der Waals surface area (Å²) >= 11 is 0. The first-order valence-corrected chi connectivity index (χ1v) is 15.7. The third-order valence-electron chi connectivity index (χ3n) is 8.59. The van der Waals surface area contributed by atoms with Crippen LogP contribution in [0, 0.1) is 11.3 Å². The number of hydrogen-bond donors (Lipinski definition) is 3. The summed E-state index contributed by atoms with van der Waals surface area (Å²) in [5.41, 5.74) is 8.53. The molecule has 0 bridgehead atoms. The molecule has 0 spiro atoms. The molecule has 2 aromatic carbocycles. The minimum absolute atomic E-state index is 0.164. The zero-order chi connectivity index (χ0) is 31.3. The lowest BCUT2D eigenvalue weighted by Gasteiger charge is -2.27. The minimum atomic E-state index is 0.164. The van der Waals surface area contributed by atoms with Gasteiger partial charge in [0.25, 0.3) is 0 Å². The van der Waals surface area contributed by atoms with E-state index in [-0.39, 0.29) is 17.9 Å². The Balaban J connectivity index is 0.000000147. The van der Waals surface area contributed by atoms with Crippen LogP contribution in [0.25, 0.3) is 22.1 Å². The molecule has 228 valence electrons. The monoisotopic (exact) mass is 606 g/mol. The van der Waals surface area contributed by atoms with Crippen molar-refractivity contribution in [2.75, 3.05) is 23.0 Å². The van der Waals surface area contributed by atoms with Gasteiger partial charge in [-0.1, -0.05) is 48.5 Å². The molecule has 0 saturated carbocycles. The van der Waals surface area contributed by atoms with Crippen molar-refractivity contribution in [2.24, 2.45) is 0 Å². The van der Waals surface area contributed by atoms with Crippen LogP contribution in [0.4, 0.5) is 17.6 Å². The first kappa shape index (κ1) is 29.0. The average Bonchev–Trinajstić information content (AvgIpc) is 3.12. The molecule has 6 aromatic rings. The van der Waals surface area contributed by atoms with Gasteiger partial charge in [-0.05, 0) is 85.0 Å². The lowest BCUT2D eigenvalue weighted by molar-refractivity contribution is 0.599. The second-order valence-corrected chi connectivity index (χ2v) is 11.5. The highest BCUT2D eigenvalue weighted by Crippen LogP contribution is 2.34. The van der Waals surface area contributed by atoms with Gasteiger partial charge in [-0.15, -0.1) is 0 Å². The number of nitriles is 1. The predicted molar refractivity (Wildman–Crippen MR) is 180 cm³/mol. The molecule has 0 amide bonds. The summed E-state index contributed by atoms with van der Waals surface area (Å²) in [6, 6.07) is 27.1. The van der Waals surface area contributed by atoms with Gasteiger partial charge in [0.15, 0.2) is 11.6 Å². The molecule has 2 atom stereocenters. The largest absolute Gasteiger partial charge is 0.361 e. The van der Waals surface area contributed by atoms with E-state index in [0.29, 0.717) is 22.8 Å². The number of nitrogens with zero attached hydrogens (tertiary/aromatic N) is 7. The standard InChI is InChI=1S/C18H19N5.C18H15N5/c1-19-18-22-15-10-5-11-20-16(15)17(23-18)21-14-9-4-7-12-6-2-3-8-13(12)14;19-11-16-21-15-9-4-10-20-17(15)18(23-16)22-14-8-3-6-12-5-1-2-7-13(12)14/h2-3,5-6,8,10-11,14H,4,7,9H2,1H3,(H2,19,21,22,23);1-2,4-5,7,9-10,14H,3,6,8H2,(H,21,22,23). The summed E-state index contributed by atoms with van der Waals surface area (Å²) in [5.74, 6) is 2.20. The molecule has 10 heteroatoms. The maximum atomic E-state index is 9.16. The number of aryl methyl sites for hydroxylation is 2. The Morgan fingerprint density at radius 2 is 1.20 bits per heavy atom. The molecule has 4 heterocycles. The Kier molecular flexibility index (Phi) is 8.28. The van der Waals surface area contributed by atoms with Gasteiger partial charge in [0, 0.05) is 19.4 Å². The molecule has 4 aromatic heterocycles. The molecule has 2 aliphatic rings. The van der Waals surface area contributed by atoms with E-state index in [1.807, 2.05) is 37.4 Å². The number of pyridine rings is 2. The van der Waals surface area contributed by atoms with Gasteiger partial charge < -0.3 is 16.0 Å². The van der Waals surface area contributed by atoms with E-state index >= 15 is 0 Å². The molecule has 2 aliphatic carbocycles. The molecule has 46 heavy (non-hydrogen) atoms. The molecule has 0 fully saturated rings. The topological polar surface area (TPSA) is 137 Å². The maximum absolute atomic E-state index is 9.16. The Hall–Kier alpha value is -5.69. The average molecular weight is 607 g/mol. The fraction of sp³-hybridized carbons (Fsp3) is 0.250. The van der Waals surface area contributed by atoms with E-state index in [1.165, 1.54) is 28.7 Å². The van der Waals surface area contributed by atoms with E-state index in [0.717, 1.165) is 49.0 Å². The van der Waals surface area contributed by atoms with Crippen molar-refractivity contribution in [1.82, 2.24) is 29.9 Å². The number of anilines is 3. The van der Waals surface area contributed by atoms with E-state index in [9.17, 15) is 0 Å². The highest BCUT2D eigenvalue weighted by molar-refractivity contribution is 5.86.